The van der Waals surface area contributed by atoms with Crippen LogP contribution in [-0.2, 0) is 0 Å². The fourth-order valence-electron chi connectivity index (χ4n) is 3.72. The lowest BCUT2D eigenvalue weighted by Crippen LogP contribution is -2.46. The van der Waals surface area contributed by atoms with Crippen molar-refractivity contribution in [3.63, 3.8) is 0 Å². The van der Waals surface area contributed by atoms with E-state index in [0.717, 1.165) is 18.1 Å². The molecule has 0 N–H and O–H groups in total. The summed E-state index contributed by atoms with van der Waals surface area (Å²) in [5.74, 6) is 3.14. The van der Waals surface area contributed by atoms with E-state index in [2.05, 4.69) is 77.9 Å². The number of anilines is 3. The van der Waals surface area contributed by atoms with Gasteiger partial charge < -0.3 is 9.80 Å². The third-order valence-corrected chi connectivity index (χ3v) is 5.15. The molecule has 4 nitrogen and oxygen atoms in total. The van der Waals surface area contributed by atoms with Crippen LogP contribution in [0.5, 0.6) is 0 Å². The molecule has 23 heavy (non-hydrogen) atoms. The van der Waals surface area contributed by atoms with Gasteiger partial charge in [0.1, 0.15) is 6.17 Å². The first-order valence-electron chi connectivity index (χ1n) is 8.57. The highest BCUT2D eigenvalue weighted by Crippen LogP contribution is 2.44. The number of hydrogen-bond donors (Lipinski definition) is 0. The molecule has 3 atom stereocenters. The monoisotopic (exact) mass is 310 g/mol. The van der Waals surface area contributed by atoms with Crippen molar-refractivity contribution in [2.45, 2.75) is 39.8 Å². The summed E-state index contributed by atoms with van der Waals surface area (Å²) >= 11 is 0. The average Bonchev–Trinajstić information content (AvgIpc) is 2.89. The van der Waals surface area contributed by atoms with Gasteiger partial charge in [0.2, 0.25) is 0 Å². The van der Waals surface area contributed by atoms with E-state index in [-0.39, 0.29) is 6.17 Å². The molecule has 0 bridgehead atoms. The molecule has 0 spiro atoms. The molecule has 2 aromatic rings. The van der Waals surface area contributed by atoms with E-state index in [0.29, 0.717) is 11.8 Å². The molecule has 0 saturated carbocycles. The van der Waals surface area contributed by atoms with Crippen LogP contribution in [0.4, 0.5) is 17.3 Å². The van der Waals surface area contributed by atoms with Gasteiger partial charge >= 0.3 is 0 Å². The third kappa shape index (κ3) is 2.67. The van der Waals surface area contributed by atoms with Gasteiger partial charge in [-0.05, 0) is 24.5 Å². The van der Waals surface area contributed by atoms with Crippen molar-refractivity contribution in [3.05, 3.63) is 42.7 Å². The molecule has 3 rings (SSSR count). The van der Waals surface area contributed by atoms with E-state index in [1.807, 2.05) is 0 Å². The predicted octanol–water partition coefficient (Wildman–Crippen LogP) is 4.46. The van der Waals surface area contributed by atoms with Gasteiger partial charge in [-0.2, -0.15) is 0 Å². The van der Waals surface area contributed by atoms with Crippen molar-refractivity contribution in [2.24, 2.45) is 11.8 Å². The zero-order chi connectivity index (χ0) is 16.4. The summed E-state index contributed by atoms with van der Waals surface area (Å²) < 4.78 is 0. The largest absolute Gasteiger partial charge is 0.335 e. The number of rotatable bonds is 5. The molecule has 1 aliphatic heterocycles. The van der Waals surface area contributed by atoms with E-state index in [1.165, 1.54) is 12.1 Å². The first-order chi connectivity index (χ1) is 11.2. The smallest absolute Gasteiger partial charge is 0.178 e. The zero-order valence-electron chi connectivity index (χ0n) is 14.5. The molecule has 0 fully saturated rings. The molecule has 2 heterocycles. The zero-order valence-corrected chi connectivity index (χ0v) is 14.5. The summed E-state index contributed by atoms with van der Waals surface area (Å²) in [6.07, 6.45) is 6.15. The Morgan fingerprint density at radius 2 is 1.65 bits per heavy atom. The maximum Gasteiger partial charge on any atom is 0.178 e. The Balaban J connectivity index is 2.10. The Morgan fingerprint density at radius 3 is 2.26 bits per heavy atom. The molecule has 3 unspecified atom stereocenters. The first-order valence-corrected chi connectivity index (χ1v) is 8.57. The van der Waals surface area contributed by atoms with Crippen LogP contribution < -0.4 is 9.80 Å². The SMILES string of the molecule is CCC(C)C(CC)C1N(C)c2nccnc2N1c1ccccc1. The highest BCUT2D eigenvalue weighted by atomic mass is 15.5. The van der Waals surface area contributed by atoms with Gasteiger partial charge in [-0.25, -0.2) is 9.97 Å². The van der Waals surface area contributed by atoms with E-state index < -0.39 is 0 Å². The molecular formula is C19H26N4. The minimum absolute atomic E-state index is 0.259. The number of aromatic nitrogens is 2. The molecule has 1 aromatic carbocycles. The summed E-state index contributed by atoms with van der Waals surface area (Å²) in [5.41, 5.74) is 1.19. The van der Waals surface area contributed by atoms with Crippen molar-refractivity contribution in [1.82, 2.24) is 9.97 Å². The van der Waals surface area contributed by atoms with Crippen molar-refractivity contribution < 1.29 is 0 Å². The molecule has 0 saturated heterocycles. The van der Waals surface area contributed by atoms with Crippen molar-refractivity contribution in [2.75, 3.05) is 16.8 Å². The number of benzene rings is 1. The van der Waals surface area contributed by atoms with Gasteiger partial charge in [-0.3, -0.25) is 0 Å². The molecule has 1 aliphatic rings. The summed E-state index contributed by atoms with van der Waals surface area (Å²) in [5, 5.41) is 0. The normalized spacial score (nSPS) is 19.6. The Hall–Kier alpha value is -2.10. The van der Waals surface area contributed by atoms with Crippen molar-refractivity contribution in [1.29, 1.82) is 0 Å². The maximum atomic E-state index is 4.64. The molecule has 1 aromatic heterocycles. The third-order valence-electron chi connectivity index (χ3n) is 5.15. The van der Waals surface area contributed by atoms with Crippen LogP contribution in [0.2, 0.25) is 0 Å². The van der Waals surface area contributed by atoms with Crippen LogP contribution in [0.25, 0.3) is 0 Å². The molecule has 0 aliphatic carbocycles. The van der Waals surface area contributed by atoms with E-state index in [9.17, 15) is 0 Å². The van der Waals surface area contributed by atoms with Crippen molar-refractivity contribution in [3.8, 4) is 0 Å². The minimum atomic E-state index is 0.259. The Bertz CT molecular complexity index is 643. The van der Waals surface area contributed by atoms with Gasteiger partial charge in [0.15, 0.2) is 11.6 Å². The molecular weight excluding hydrogens is 284 g/mol. The lowest BCUT2D eigenvalue weighted by Gasteiger charge is -2.38. The van der Waals surface area contributed by atoms with Gasteiger partial charge in [-0.15, -0.1) is 0 Å². The average molecular weight is 310 g/mol. The lowest BCUT2D eigenvalue weighted by atomic mass is 9.86. The first kappa shape index (κ1) is 15.8. The van der Waals surface area contributed by atoms with Gasteiger partial charge in [-0.1, -0.05) is 45.4 Å². The van der Waals surface area contributed by atoms with Crippen LogP contribution >= 0.6 is 0 Å². The predicted molar refractivity (Wildman–Crippen MR) is 96.0 cm³/mol. The molecule has 0 amide bonds. The second-order valence-corrected chi connectivity index (χ2v) is 6.39. The van der Waals surface area contributed by atoms with E-state index in [4.69, 9.17) is 0 Å². The summed E-state index contributed by atoms with van der Waals surface area (Å²) in [4.78, 5) is 13.9. The second-order valence-electron chi connectivity index (χ2n) is 6.39. The van der Waals surface area contributed by atoms with Crippen molar-refractivity contribution >= 4 is 17.3 Å². The number of hydrogen-bond acceptors (Lipinski definition) is 4. The van der Waals surface area contributed by atoms with E-state index in [1.54, 1.807) is 12.4 Å². The van der Waals surface area contributed by atoms with Crippen LogP contribution in [-0.4, -0.2) is 23.2 Å². The Kier molecular flexibility index (Phi) is 4.51. The minimum Gasteiger partial charge on any atom is -0.335 e. The maximum absolute atomic E-state index is 4.64. The van der Waals surface area contributed by atoms with Gasteiger partial charge in [0.25, 0.3) is 0 Å². The molecule has 4 heteroatoms. The van der Waals surface area contributed by atoms with Crippen LogP contribution in [0.1, 0.15) is 33.6 Å². The fraction of sp³-hybridized carbons (Fsp3) is 0.474. The van der Waals surface area contributed by atoms with E-state index >= 15 is 0 Å². The van der Waals surface area contributed by atoms with Crippen LogP contribution in [0.3, 0.4) is 0 Å². The highest BCUT2D eigenvalue weighted by Gasteiger charge is 2.42. The number of fused-ring (bicyclic) bond motifs is 1. The standard InChI is InChI=1S/C19H26N4/c1-5-14(3)16(6-2)19-22(4)17-18(21-13-12-20-17)23(19)15-10-8-7-9-11-15/h7-14,16,19H,5-6H2,1-4H3. The number of nitrogens with zero attached hydrogens (tertiary/aromatic N) is 4. The topological polar surface area (TPSA) is 32.3 Å². The second kappa shape index (κ2) is 6.57. The highest BCUT2D eigenvalue weighted by molar-refractivity contribution is 5.77. The quantitative estimate of drug-likeness (QED) is 0.816. The summed E-state index contributed by atoms with van der Waals surface area (Å²) in [6.45, 7) is 6.92. The Labute approximate surface area is 139 Å². The van der Waals surface area contributed by atoms with Gasteiger partial charge in [0.05, 0.1) is 0 Å². The van der Waals surface area contributed by atoms with Crippen LogP contribution in [0.15, 0.2) is 42.7 Å². The summed E-state index contributed by atoms with van der Waals surface area (Å²) in [7, 11) is 2.14. The summed E-state index contributed by atoms with van der Waals surface area (Å²) in [6, 6.07) is 10.6. The number of para-hydroxylation sites is 1. The molecule has 0 radical (unpaired) electrons. The Morgan fingerprint density at radius 1 is 1.00 bits per heavy atom. The van der Waals surface area contributed by atoms with Crippen LogP contribution in [0, 0.1) is 11.8 Å². The van der Waals surface area contributed by atoms with Gasteiger partial charge in [0, 0.05) is 31.0 Å². The fourth-order valence-corrected chi connectivity index (χ4v) is 3.72. The molecule has 122 valence electrons. The lowest BCUT2D eigenvalue weighted by molar-refractivity contribution is 0.284.